The van der Waals surface area contributed by atoms with Crippen molar-refractivity contribution in [1.82, 2.24) is 24.5 Å². The van der Waals surface area contributed by atoms with Crippen LogP contribution in [0.4, 0.5) is 17.2 Å². The van der Waals surface area contributed by atoms with E-state index < -0.39 is 0 Å². The van der Waals surface area contributed by atoms with E-state index in [4.69, 9.17) is 19.4 Å². The molecule has 6 rings (SSSR count). The highest BCUT2D eigenvalue weighted by Gasteiger charge is 2.17. The first-order valence-corrected chi connectivity index (χ1v) is 11.8. The van der Waals surface area contributed by atoms with Crippen molar-refractivity contribution in [1.29, 1.82) is 0 Å². The third-order valence-corrected chi connectivity index (χ3v) is 6.14. The first kappa shape index (κ1) is 22.0. The molecule has 0 bridgehead atoms. The number of benzene rings is 2. The summed E-state index contributed by atoms with van der Waals surface area (Å²) >= 11 is 0. The van der Waals surface area contributed by atoms with Crippen LogP contribution in [0.2, 0.25) is 0 Å². The summed E-state index contributed by atoms with van der Waals surface area (Å²) < 4.78 is 12.6. The molecule has 9 heteroatoms. The van der Waals surface area contributed by atoms with Crippen LogP contribution in [-0.2, 0) is 4.74 Å². The van der Waals surface area contributed by atoms with Gasteiger partial charge in [0, 0.05) is 48.0 Å². The third kappa shape index (κ3) is 4.32. The number of methoxy groups -OCH3 is 1. The van der Waals surface area contributed by atoms with E-state index in [1.54, 1.807) is 25.7 Å². The Hall–Kier alpha value is -4.50. The van der Waals surface area contributed by atoms with Crippen LogP contribution in [0.15, 0.2) is 79.3 Å². The number of morpholine rings is 1. The van der Waals surface area contributed by atoms with Gasteiger partial charge in [-0.05, 0) is 42.5 Å². The second kappa shape index (κ2) is 9.63. The third-order valence-electron chi connectivity index (χ3n) is 6.14. The van der Waals surface area contributed by atoms with Gasteiger partial charge in [-0.2, -0.15) is 0 Å². The summed E-state index contributed by atoms with van der Waals surface area (Å²) in [5, 5.41) is 3.46. The maximum atomic E-state index is 5.47. The zero-order valence-electron chi connectivity index (χ0n) is 19.8. The van der Waals surface area contributed by atoms with Gasteiger partial charge < -0.3 is 19.7 Å². The Morgan fingerprint density at radius 1 is 0.861 bits per heavy atom. The number of nitrogens with zero attached hydrogens (tertiary/aromatic N) is 6. The van der Waals surface area contributed by atoms with Gasteiger partial charge in [0.2, 0.25) is 5.88 Å². The molecule has 1 aliphatic heterocycles. The average Bonchev–Trinajstić information content (AvgIpc) is 3.39. The standard InChI is InChI=1S/C27H25N7O2/c1-35-23-12-7-19(17-28-23)25-31-26(24-27(32-25)34(18-29-24)22-5-3-2-4-6-22)30-20-8-10-21(11-9-20)33-13-15-36-16-14-33/h2-12,17-18H,13-16H2,1H3,(H,30,31,32). The van der Waals surface area contributed by atoms with Gasteiger partial charge in [-0.15, -0.1) is 0 Å². The van der Waals surface area contributed by atoms with Gasteiger partial charge in [0.1, 0.15) is 6.33 Å². The number of nitrogens with one attached hydrogen (secondary N) is 1. The molecular formula is C27H25N7O2. The van der Waals surface area contributed by atoms with E-state index in [9.17, 15) is 0 Å². The number of aromatic nitrogens is 5. The number of rotatable bonds is 6. The van der Waals surface area contributed by atoms with Gasteiger partial charge in [0.25, 0.3) is 0 Å². The Morgan fingerprint density at radius 2 is 1.67 bits per heavy atom. The van der Waals surface area contributed by atoms with Crippen LogP contribution in [0.25, 0.3) is 28.2 Å². The quantitative estimate of drug-likeness (QED) is 0.382. The minimum atomic E-state index is 0.535. The van der Waals surface area contributed by atoms with Gasteiger partial charge in [0.05, 0.1) is 20.3 Å². The fraction of sp³-hybridized carbons (Fsp3) is 0.185. The number of pyridine rings is 1. The molecule has 1 fully saturated rings. The zero-order chi connectivity index (χ0) is 24.3. The molecule has 36 heavy (non-hydrogen) atoms. The van der Waals surface area contributed by atoms with Crippen molar-refractivity contribution in [2.45, 2.75) is 0 Å². The smallest absolute Gasteiger partial charge is 0.212 e. The molecule has 0 spiro atoms. The van der Waals surface area contributed by atoms with Crippen LogP contribution in [0.5, 0.6) is 5.88 Å². The summed E-state index contributed by atoms with van der Waals surface area (Å²) in [6, 6.07) is 22.1. The molecule has 0 atom stereocenters. The number of ether oxygens (including phenoxy) is 2. The van der Waals surface area contributed by atoms with Gasteiger partial charge in [-0.3, -0.25) is 4.57 Å². The molecule has 0 amide bonds. The van der Waals surface area contributed by atoms with Crippen molar-refractivity contribution in [3.05, 3.63) is 79.3 Å². The summed E-state index contributed by atoms with van der Waals surface area (Å²) in [5.41, 5.74) is 5.23. The molecule has 0 unspecified atom stereocenters. The largest absolute Gasteiger partial charge is 0.481 e. The Kier molecular flexibility index (Phi) is 5.88. The van der Waals surface area contributed by atoms with Crippen molar-refractivity contribution >= 4 is 28.4 Å². The first-order valence-electron chi connectivity index (χ1n) is 11.8. The van der Waals surface area contributed by atoms with E-state index in [0.717, 1.165) is 43.2 Å². The summed E-state index contributed by atoms with van der Waals surface area (Å²) in [6.07, 6.45) is 3.49. The zero-order valence-corrected chi connectivity index (χ0v) is 19.8. The van der Waals surface area contributed by atoms with Crippen LogP contribution in [-0.4, -0.2) is 57.9 Å². The number of fused-ring (bicyclic) bond motifs is 1. The van der Waals surface area contributed by atoms with Crippen molar-refractivity contribution in [3.8, 4) is 23.0 Å². The minimum absolute atomic E-state index is 0.535. The van der Waals surface area contributed by atoms with Gasteiger partial charge >= 0.3 is 0 Å². The number of imidazole rings is 1. The molecule has 3 aromatic heterocycles. The maximum absolute atomic E-state index is 5.47. The Balaban J connectivity index is 1.40. The number of anilines is 3. The predicted octanol–water partition coefficient (Wildman–Crippen LogP) is 4.47. The molecule has 0 saturated carbocycles. The average molecular weight is 480 g/mol. The molecule has 5 aromatic rings. The van der Waals surface area contributed by atoms with E-state index in [1.165, 1.54) is 5.69 Å². The van der Waals surface area contributed by atoms with Crippen LogP contribution < -0.4 is 15.0 Å². The molecular weight excluding hydrogens is 454 g/mol. The van der Waals surface area contributed by atoms with Crippen molar-refractivity contribution in [3.63, 3.8) is 0 Å². The lowest BCUT2D eigenvalue weighted by Gasteiger charge is -2.28. The second-order valence-corrected chi connectivity index (χ2v) is 8.38. The highest BCUT2D eigenvalue weighted by molar-refractivity contribution is 5.88. The summed E-state index contributed by atoms with van der Waals surface area (Å²) in [6.45, 7) is 3.31. The van der Waals surface area contributed by atoms with Gasteiger partial charge in [-0.1, -0.05) is 18.2 Å². The SMILES string of the molecule is COc1ccc(-c2nc(Nc3ccc(N4CCOCC4)cc3)c3ncn(-c4ccccc4)c3n2)cn1. The fourth-order valence-corrected chi connectivity index (χ4v) is 4.24. The molecule has 0 aliphatic carbocycles. The number of hydrogen-bond acceptors (Lipinski definition) is 8. The van der Waals surface area contributed by atoms with Crippen LogP contribution in [0.1, 0.15) is 0 Å². The van der Waals surface area contributed by atoms with Crippen LogP contribution in [0.3, 0.4) is 0 Å². The lowest BCUT2D eigenvalue weighted by atomic mass is 10.2. The monoisotopic (exact) mass is 479 g/mol. The molecule has 180 valence electrons. The molecule has 9 nitrogen and oxygen atoms in total. The lowest BCUT2D eigenvalue weighted by molar-refractivity contribution is 0.122. The molecule has 1 N–H and O–H groups in total. The highest BCUT2D eigenvalue weighted by Crippen LogP contribution is 2.29. The van der Waals surface area contributed by atoms with Gasteiger partial charge in [0.15, 0.2) is 22.8 Å². The van der Waals surface area contributed by atoms with E-state index >= 15 is 0 Å². The normalized spacial score (nSPS) is 13.6. The Bertz CT molecular complexity index is 1460. The van der Waals surface area contributed by atoms with Gasteiger partial charge in [-0.25, -0.2) is 19.9 Å². The summed E-state index contributed by atoms with van der Waals surface area (Å²) in [4.78, 5) is 21.0. The molecule has 1 aliphatic rings. The highest BCUT2D eigenvalue weighted by atomic mass is 16.5. The Morgan fingerprint density at radius 3 is 2.39 bits per heavy atom. The first-order chi connectivity index (χ1) is 17.8. The molecule has 1 saturated heterocycles. The number of para-hydroxylation sites is 1. The van der Waals surface area contributed by atoms with E-state index in [2.05, 4.69) is 44.5 Å². The second-order valence-electron chi connectivity index (χ2n) is 8.38. The van der Waals surface area contributed by atoms with E-state index in [1.807, 2.05) is 41.0 Å². The number of hydrogen-bond donors (Lipinski definition) is 1. The lowest BCUT2D eigenvalue weighted by Crippen LogP contribution is -2.36. The van der Waals surface area contributed by atoms with Crippen LogP contribution in [0, 0.1) is 0 Å². The predicted molar refractivity (Wildman–Crippen MR) is 139 cm³/mol. The van der Waals surface area contributed by atoms with E-state index in [0.29, 0.717) is 28.7 Å². The maximum Gasteiger partial charge on any atom is 0.212 e. The molecule has 2 aromatic carbocycles. The minimum Gasteiger partial charge on any atom is -0.481 e. The van der Waals surface area contributed by atoms with Crippen molar-refractivity contribution < 1.29 is 9.47 Å². The summed E-state index contributed by atoms with van der Waals surface area (Å²) in [5.74, 6) is 1.70. The van der Waals surface area contributed by atoms with E-state index in [-0.39, 0.29) is 0 Å². The molecule has 4 heterocycles. The van der Waals surface area contributed by atoms with Crippen LogP contribution >= 0.6 is 0 Å². The van der Waals surface area contributed by atoms with Crippen molar-refractivity contribution in [2.75, 3.05) is 43.6 Å². The Labute approximate surface area is 208 Å². The summed E-state index contributed by atoms with van der Waals surface area (Å²) in [7, 11) is 1.59. The topological polar surface area (TPSA) is 90.2 Å². The van der Waals surface area contributed by atoms with Crippen molar-refractivity contribution in [2.24, 2.45) is 0 Å². The molecule has 0 radical (unpaired) electrons. The fourth-order valence-electron chi connectivity index (χ4n) is 4.24.